The molecule has 0 atom stereocenters. The molecule has 1 spiro atoms. The van der Waals surface area contributed by atoms with Crippen LogP contribution in [0.2, 0.25) is 0 Å². The quantitative estimate of drug-likeness (QED) is 0.812. The van der Waals surface area contributed by atoms with Crippen molar-refractivity contribution >= 4 is 11.8 Å². The summed E-state index contributed by atoms with van der Waals surface area (Å²) >= 11 is 0. The predicted octanol–water partition coefficient (Wildman–Crippen LogP) is 2.14. The maximum absolute atomic E-state index is 12.6. The van der Waals surface area contributed by atoms with Crippen LogP contribution < -0.4 is 4.74 Å². The summed E-state index contributed by atoms with van der Waals surface area (Å²) in [4.78, 5) is 29.0. The molecule has 2 aromatic rings. The second-order valence-electron chi connectivity index (χ2n) is 7.68. The minimum absolute atomic E-state index is 0.0326. The number of hydrogen-bond acceptors (Lipinski definition) is 5. The van der Waals surface area contributed by atoms with Crippen molar-refractivity contribution in [2.45, 2.75) is 25.8 Å². The number of nitrogens with zero attached hydrogens (tertiary/aromatic N) is 4. The van der Waals surface area contributed by atoms with Crippen LogP contribution in [-0.4, -0.2) is 58.6 Å². The molecule has 2 aliphatic heterocycles. The SMILES string of the molecule is COc1cccc(CN2CC3(CCN(C(=O)c4cccnn4)CC3)CC2=O)c1. The predicted molar refractivity (Wildman–Crippen MR) is 103 cm³/mol. The van der Waals surface area contributed by atoms with Gasteiger partial charge in [-0.3, -0.25) is 9.59 Å². The third-order valence-electron chi connectivity index (χ3n) is 5.82. The van der Waals surface area contributed by atoms with Gasteiger partial charge in [-0.25, -0.2) is 0 Å². The Morgan fingerprint density at radius 1 is 1.21 bits per heavy atom. The van der Waals surface area contributed by atoms with Crippen molar-refractivity contribution in [3.05, 3.63) is 53.9 Å². The van der Waals surface area contributed by atoms with E-state index in [4.69, 9.17) is 4.74 Å². The van der Waals surface area contributed by atoms with Crippen LogP contribution >= 0.6 is 0 Å². The van der Waals surface area contributed by atoms with Crippen LogP contribution in [0.3, 0.4) is 0 Å². The van der Waals surface area contributed by atoms with Crippen LogP contribution in [0.25, 0.3) is 0 Å². The molecule has 0 unspecified atom stereocenters. The molecule has 2 aliphatic rings. The molecule has 28 heavy (non-hydrogen) atoms. The number of rotatable bonds is 4. The summed E-state index contributed by atoms with van der Waals surface area (Å²) in [5.41, 5.74) is 1.41. The molecule has 146 valence electrons. The Kier molecular flexibility index (Phi) is 4.98. The highest BCUT2D eigenvalue weighted by atomic mass is 16.5. The zero-order valence-electron chi connectivity index (χ0n) is 16.0. The maximum atomic E-state index is 12.6. The first-order valence-corrected chi connectivity index (χ1v) is 9.56. The van der Waals surface area contributed by atoms with Crippen molar-refractivity contribution in [1.82, 2.24) is 20.0 Å². The Balaban J connectivity index is 1.38. The number of ether oxygens (including phenoxy) is 1. The molecule has 2 amide bonds. The molecule has 0 saturated carbocycles. The third-order valence-corrected chi connectivity index (χ3v) is 5.82. The number of hydrogen-bond donors (Lipinski definition) is 0. The number of piperidine rings is 1. The summed E-state index contributed by atoms with van der Waals surface area (Å²) in [7, 11) is 1.64. The lowest BCUT2D eigenvalue weighted by molar-refractivity contribution is -0.128. The summed E-state index contributed by atoms with van der Waals surface area (Å²) in [5, 5.41) is 7.70. The third kappa shape index (κ3) is 3.69. The highest BCUT2D eigenvalue weighted by molar-refractivity contribution is 5.92. The lowest BCUT2D eigenvalue weighted by atomic mass is 9.77. The average molecular weight is 380 g/mol. The van der Waals surface area contributed by atoms with Gasteiger partial charge in [0.1, 0.15) is 5.75 Å². The van der Waals surface area contributed by atoms with Gasteiger partial charge in [-0.15, -0.1) is 5.10 Å². The van der Waals surface area contributed by atoms with Crippen LogP contribution in [0.15, 0.2) is 42.6 Å². The molecule has 3 heterocycles. The van der Waals surface area contributed by atoms with Gasteiger partial charge in [0, 0.05) is 44.2 Å². The van der Waals surface area contributed by atoms with Gasteiger partial charge in [0.05, 0.1) is 7.11 Å². The van der Waals surface area contributed by atoms with Crippen molar-refractivity contribution in [3.63, 3.8) is 0 Å². The fraction of sp³-hybridized carbons (Fsp3) is 0.429. The molecular weight excluding hydrogens is 356 g/mol. The number of benzene rings is 1. The van der Waals surface area contributed by atoms with Crippen molar-refractivity contribution < 1.29 is 14.3 Å². The first-order chi connectivity index (χ1) is 13.6. The lowest BCUT2D eigenvalue weighted by Crippen LogP contribution is -2.44. The number of carbonyl (C=O) groups excluding carboxylic acids is 2. The maximum Gasteiger partial charge on any atom is 0.274 e. The van der Waals surface area contributed by atoms with Gasteiger partial charge in [0.2, 0.25) is 5.91 Å². The van der Waals surface area contributed by atoms with Crippen molar-refractivity contribution in [1.29, 1.82) is 0 Å². The van der Waals surface area contributed by atoms with Gasteiger partial charge in [-0.2, -0.15) is 5.10 Å². The van der Waals surface area contributed by atoms with E-state index >= 15 is 0 Å². The molecule has 7 heteroatoms. The molecule has 0 aliphatic carbocycles. The van der Waals surface area contributed by atoms with Gasteiger partial charge in [-0.1, -0.05) is 12.1 Å². The molecular formula is C21H24N4O3. The van der Waals surface area contributed by atoms with E-state index in [2.05, 4.69) is 10.2 Å². The van der Waals surface area contributed by atoms with E-state index in [9.17, 15) is 9.59 Å². The van der Waals surface area contributed by atoms with E-state index < -0.39 is 0 Å². The molecule has 0 N–H and O–H groups in total. The van der Waals surface area contributed by atoms with Crippen LogP contribution in [0.4, 0.5) is 0 Å². The zero-order chi connectivity index (χ0) is 19.6. The number of carbonyl (C=O) groups is 2. The minimum atomic E-state index is -0.0829. The second kappa shape index (κ2) is 7.58. The molecule has 2 saturated heterocycles. The number of likely N-dealkylation sites (tertiary alicyclic amines) is 2. The first kappa shape index (κ1) is 18.4. The van der Waals surface area contributed by atoms with Gasteiger partial charge >= 0.3 is 0 Å². The van der Waals surface area contributed by atoms with E-state index in [-0.39, 0.29) is 17.2 Å². The Hall–Kier alpha value is -2.96. The molecule has 1 aromatic heterocycles. The zero-order valence-corrected chi connectivity index (χ0v) is 16.0. The van der Waals surface area contributed by atoms with Crippen LogP contribution in [0.1, 0.15) is 35.3 Å². The largest absolute Gasteiger partial charge is 0.497 e. The highest BCUT2D eigenvalue weighted by Gasteiger charge is 2.45. The summed E-state index contributed by atoms with van der Waals surface area (Å²) in [6, 6.07) is 11.2. The molecule has 1 aromatic carbocycles. The van der Waals surface area contributed by atoms with Gasteiger partial charge in [0.25, 0.3) is 5.91 Å². The van der Waals surface area contributed by atoms with Crippen molar-refractivity contribution in [2.75, 3.05) is 26.7 Å². The van der Waals surface area contributed by atoms with Gasteiger partial charge in [0.15, 0.2) is 5.69 Å². The molecule has 4 rings (SSSR count). The first-order valence-electron chi connectivity index (χ1n) is 9.56. The minimum Gasteiger partial charge on any atom is -0.497 e. The standard InChI is InChI=1S/C21H24N4O3/c1-28-17-5-2-4-16(12-17)14-25-15-21(13-19(25)26)7-10-24(11-8-21)20(27)18-6-3-9-22-23-18/h2-6,9,12H,7-8,10-11,13-15H2,1H3. The van der Waals surface area contributed by atoms with Gasteiger partial charge < -0.3 is 14.5 Å². The lowest BCUT2D eigenvalue weighted by Gasteiger charge is -2.38. The molecule has 2 fully saturated rings. The molecule has 0 radical (unpaired) electrons. The summed E-state index contributed by atoms with van der Waals surface area (Å²) in [5.74, 6) is 0.909. The summed E-state index contributed by atoms with van der Waals surface area (Å²) in [6.07, 6.45) is 3.78. The Morgan fingerprint density at radius 3 is 2.75 bits per heavy atom. The van der Waals surface area contributed by atoms with E-state index in [1.54, 1.807) is 25.4 Å². The molecule has 0 bridgehead atoms. The van der Waals surface area contributed by atoms with Crippen LogP contribution in [-0.2, 0) is 11.3 Å². The summed E-state index contributed by atoms with van der Waals surface area (Å²) in [6.45, 7) is 2.64. The fourth-order valence-corrected chi connectivity index (χ4v) is 4.21. The van der Waals surface area contributed by atoms with Gasteiger partial charge in [-0.05, 0) is 42.7 Å². The fourth-order valence-electron chi connectivity index (χ4n) is 4.21. The number of aromatic nitrogens is 2. The Bertz CT molecular complexity index is 863. The normalized spacial score (nSPS) is 18.5. The Morgan fingerprint density at radius 2 is 2.04 bits per heavy atom. The number of methoxy groups -OCH3 is 1. The van der Waals surface area contributed by atoms with Crippen LogP contribution in [0, 0.1) is 5.41 Å². The summed E-state index contributed by atoms with van der Waals surface area (Å²) < 4.78 is 5.28. The van der Waals surface area contributed by atoms with E-state index in [0.717, 1.165) is 30.7 Å². The second-order valence-corrected chi connectivity index (χ2v) is 7.68. The topological polar surface area (TPSA) is 75.6 Å². The van der Waals surface area contributed by atoms with E-state index in [1.165, 1.54) is 0 Å². The number of amides is 2. The van der Waals surface area contributed by atoms with E-state index in [0.29, 0.717) is 31.7 Å². The highest BCUT2D eigenvalue weighted by Crippen LogP contribution is 2.41. The average Bonchev–Trinajstić information content (AvgIpc) is 3.03. The monoisotopic (exact) mass is 380 g/mol. The van der Waals surface area contributed by atoms with Crippen LogP contribution in [0.5, 0.6) is 5.75 Å². The Labute approximate surface area is 164 Å². The van der Waals surface area contributed by atoms with Crippen molar-refractivity contribution in [3.8, 4) is 5.75 Å². The molecule has 7 nitrogen and oxygen atoms in total. The smallest absolute Gasteiger partial charge is 0.274 e. The van der Waals surface area contributed by atoms with E-state index in [1.807, 2.05) is 34.1 Å². The van der Waals surface area contributed by atoms with Crippen molar-refractivity contribution in [2.24, 2.45) is 5.41 Å².